The minimum absolute atomic E-state index is 0.412. The van der Waals surface area contributed by atoms with Crippen molar-refractivity contribution >= 4 is 58.2 Å². The topological polar surface area (TPSA) is 12.0 Å². The molecule has 1 nitrogen and oxygen atoms in total. The Morgan fingerprint density at radius 3 is 2.30 bits per heavy atom. The first-order chi connectivity index (χ1) is 4.63. The van der Waals surface area contributed by atoms with E-state index in [9.17, 15) is 0 Å². The third-order valence-corrected chi connectivity index (χ3v) is 1.52. The van der Waals surface area contributed by atoms with E-state index < -0.39 is 0 Å². The summed E-state index contributed by atoms with van der Waals surface area (Å²) in [6, 6.07) is 0. The van der Waals surface area contributed by atoms with Crippen LogP contribution in [0.3, 0.4) is 0 Å². The molecular formula is C5H7NS4-2. The number of nitrogens with one attached hydrogen (secondary N) is 1. The molecule has 0 amide bonds. The summed E-state index contributed by atoms with van der Waals surface area (Å²) in [6.45, 7) is 0.777. The van der Waals surface area contributed by atoms with Crippen LogP contribution in [0.5, 0.6) is 0 Å². The summed E-state index contributed by atoms with van der Waals surface area (Å²) >= 11 is 18.6. The smallest absolute Gasteiger partial charge is 0.0134 e. The second kappa shape index (κ2) is 6.15. The van der Waals surface area contributed by atoms with Crippen molar-refractivity contribution in [2.75, 3.05) is 6.54 Å². The average Bonchev–Trinajstić information content (AvgIpc) is 1.79. The molecule has 0 spiro atoms. The quantitative estimate of drug-likeness (QED) is 0.421. The van der Waals surface area contributed by atoms with Gasteiger partial charge in [-0.3, -0.25) is 0 Å². The minimum Gasteiger partial charge on any atom is -0.433 e. The molecule has 0 bridgehead atoms. The molecule has 5 heteroatoms. The molecule has 0 aliphatic rings. The molecule has 0 fully saturated rings. The van der Waals surface area contributed by atoms with Gasteiger partial charge in [-0.15, -0.1) is 0 Å². The molecule has 0 saturated heterocycles. The van der Waals surface area contributed by atoms with Crippen molar-refractivity contribution in [3.8, 4) is 0 Å². The zero-order chi connectivity index (χ0) is 7.98. The van der Waals surface area contributed by atoms with Gasteiger partial charge in [-0.25, -0.2) is 0 Å². The van der Waals surface area contributed by atoms with Crippen molar-refractivity contribution in [1.29, 1.82) is 0 Å². The number of thiocarbonyl (C=S) groups is 2. The van der Waals surface area contributed by atoms with Crippen molar-refractivity contribution in [2.45, 2.75) is 12.8 Å². The van der Waals surface area contributed by atoms with Gasteiger partial charge in [-0.05, 0) is 12.8 Å². The van der Waals surface area contributed by atoms with Crippen molar-refractivity contribution < 1.29 is 0 Å². The molecule has 0 atom stereocenters. The Morgan fingerprint density at radius 1 is 1.30 bits per heavy atom. The summed E-state index contributed by atoms with van der Waals surface area (Å²) in [6.07, 6.45) is 1.70. The number of hydrogen-bond acceptors (Lipinski definition) is 4. The Hall–Kier alpha value is 0.420. The van der Waals surface area contributed by atoms with Crippen LogP contribution in [0.1, 0.15) is 12.8 Å². The van der Waals surface area contributed by atoms with Gasteiger partial charge in [-0.2, -0.15) is 4.20 Å². The monoisotopic (exact) mass is 209 g/mol. The van der Waals surface area contributed by atoms with E-state index in [1.807, 2.05) is 0 Å². The summed E-state index contributed by atoms with van der Waals surface area (Å²) in [4.78, 5) is 0. The Kier molecular flexibility index (Phi) is 6.41. The van der Waals surface area contributed by atoms with Crippen LogP contribution in [0.2, 0.25) is 0 Å². The van der Waals surface area contributed by atoms with E-state index in [0.29, 0.717) is 8.52 Å². The standard InChI is InChI=1S/C5H9NS4/c7-4(8)2-1-3-6-5(9)10/h1-3H2,(H,7,8)(H2,6,9,10)/p-2. The van der Waals surface area contributed by atoms with E-state index >= 15 is 0 Å². The lowest BCUT2D eigenvalue weighted by Gasteiger charge is -2.09. The van der Waals surface area contributed by atoms with Crippen LogP contribution in [0.15, 0.2) is 0 Å². The second-order valence-corrected chi connectivity index (χ2v) is 4.01. The van der Waals surface area contributed by atoms with Crippen LogP contribution in [-0.4, -0.2) is 15.1 Å². The molecule has 0 aromatic rings. The Morgan fingerprint density at radius 2 is 1.90 bits per heavy atom. The molecule has 0 rings (SSSR count). The summed E-state index contributed by atoms with van der Waals surface area (Å²) in [5.41, 5.74) is 0. The first-order valence-electron chi connectivity index (χ1n) is 2.77. The first-order valence-corrected chi connectivity index (χ1v) is 4.41. The van der Waals surface area contributed by atoms with Crippen molar-refractivity contribution in [3.05, 3.63) is 0 Å². The highest BCUT2D eigenvalue weighted by atomic mass is 32.1. The minimum atomic E-state index is 0.412. The van der Waals surface area contributed by atoms with Crippen LogP contribution in [0.25, 0.3) is 0 Å². The van der Waals surface area contributed by atoms with Gasteiger partial charge in [0.05, 0.1) is 0 Å². The van der Waals surface area contributed by atoms with Gasteiger partial charge < -0.3 is 55.0 Å². The second-order valence-electron chi connectivity index (χ2n) is 1.69. The molecule has 0 aromatic carbocycles. The molecule has 0 aliphatic carbocycles. The maximum atomic E-state index is 4.70. The van der Waals surface area contributed by atoms with E-state index in [1.54, 1.807) is 0 Å². The summed E-state index contributed by atoms with van der Waals surface area (Å²) < 4.78 is 1.03. The lowest BCUT2D eigenvalue weighted by atomic mass is 10.3. The van der Waals surface area contributed by atoms with E-state index in [2.05, 4.69) is 30.2 Å². The summed E-state index contributed by atoms with van der Waals surface area (Å²) in [7, 11) is 0. The fourth-order valence-electron chi connectivity index (χ4n) is 0.423. The van der Waals surface area contributed by atoms with E-state index in [0.717, 1.165) is 19.4 Å². The van der Waals surface area contributed by atoms with Crippen molar-refractivity contribution in [3.63, 3.8) is 0 Å². The van der Waals surface area contributed by atoms with E-state index in [4.69, 9.17) is 24.8 Å². The summed E-state index contributed by atoms with van der Waals surface area (Å²) in [5.74, 6) is 0. The predicted octanol–water partition coefficient (Wildman–Crippen LogP) is 1.06. The van der Waals surface area contributed by atoms with Crippen LogP contribution < -0.4 is 5.32 Å². The Balaban J connectivity index is 3.06. The van der Waals surface area contributed by atoms with Gasteiger partial charge in [0.1, 0.15) is 0 Å². The van der Waals surface area contributed by atoms with E-state index in [1.165, 1.54) is 0 Å². The maximum Gasteiger partial charge on any atom is 0.0134 e. The molecule has 10 heavy (non-hydrogen) atoms. The highest BCUT2D eigenvalue weighted by Gasteiger charge is 1.82. The molecular weight excluding hydrogens is 202 g/mol. The maximum absolute atomic E-state index is 4.70. The molecule has 0 saturated carbocycles. The van der Waals surface area contributed by atoms with E-state index in [-0.39, 0.29) is 0 Å². The first kappa shape index (κ1) is 10.4. The van der Waals surface area contributed by atoms with Gasteiger partial charge in [0.25, 0.3) is 0 Å². The number of hydrogen-bond donors (Lipinski definition) is 1. The normalized spacial score (nSPS) is 8.80. The van der Waals surface area contributed by atoms with Gasteiger partial charge in [0.2, 0.25) is 0 Å². The lowest BCUT2D eigenvalue weighted by Crippen LogP contribution is -2.20. The molecule has 58 valence electrons. The zero-order valence-electron chi connectivity index (χ0n) is 5.25. The molecule has 0 unspecified atom stereocenters. The predicted molar refractivity (Wildman–Crippen MR) is 57.2 cm³/mol. The van der Waals surface area contributed by atoms with Crippen molar-refractivity contribution in [1.82, 2.24) is 5.32 Å². The van der Waals surface area contributed by atoms with Crippen LogP contribution >= 0.6 is 24.4 Å². The average molecular weight is 209 g/mol. The highest BCUT2D eigenvalue weighted by molar-refractivity contribution is 8.00. The lowest BCUT2D eigenvalue weighted by molar-refractivity contribution is 0.823. The van der Waals surface area contributed by atoms with Gasteiger partial charge in [0, 0.05) is 6.54 Å². The van der Waals surface area contributed by atoms with Gasteiger partial charge in [-0.1, -0.05) is 4.32 Å². The largest absolute Gasteiger partial charge is 0.433 e. The van der Waals surface area contributed by atoms with Gasteiger partial charge in [0.15, 0.2) is 0 Å². The molecule has 0 heterocycles. The number of rotatable bonds is 4. The third kappa shape index (κ3) is 8.42. The molecule has 1 N–H and O–H groups in total. The Labute approximate surface area is 82.8 Å². The molecule has 0 radical (unpaired) electrons. The molecule has 0 aliphatic heterocycles. The fourth-order valence-corrected chi connectivity index (χ4v) is 0.916. The fraction of sp³-hybridized carbons (Fsp3) is 0.600. The molecule has 0 aromatic heterocycles. The van der Waals surface area contributed by atoms with Gasteiger partial charge >= 0.3 is 0 Å². The highest BCUT2D eigenvalue weighted by Crippen LogP contribution is 1.89. The third-order valence-electron chi connectivity index (χ3n) is 0.827. The SMILES string of the molecule is S=C([S-])CCCNC(=S)[S-]. The van der Waals surface area contributed by atoms with Crippen LogP contribution in [0.4, 0.5) is 0 Å². The summed E-state index contributed by atoms with van der Waals surface area (Å²) in [5, 5.41) is 2.84. The van der Waals surface area contributed by atoms with Crippen LogP contribution in [0, 0.1) is 0 Å². The van der Waals surface area contributed by atoms with Crippen LogP contribution in [-0.2, 0) is 25.3 Å². The zero-order valence-corrected chi connectivity index (χ0v) is 8.52. The van der Waals surface area contributed by atoms with Crippen molar-refractivity contribution in [2.24, 2.45) is 0 Å². The Bertz CT molecular complexity index is 118.